The number of anilines is 1. The van der Waals surface area contributed by atoms with Gasteiger partial charge in [-0.25, -0.2) is 22.2 Å². The van der Waals surface area contributed by atoms with E-state index >= 15 is 0 Å². The number of halogens is 2. The average Bonchev–Trinajstić information content (AvgIpc) is 3.47. The van der Waals surface area contributed by atoms with Gasteiger partial charge in [0.05, 0.1) is 18.6 Å². The number of ether oxygens (including phenoxy) is 1. The first-order valence-electron chi connectivity index (χ1n) is 15.6. The largest absolute Gasteiger partial charge is 0.466 e. The minimum absolute atomic E-state index is 0.0235. The number of pyridine rings is 2. The van der Waals surface area contributed by atoms with Gasteiger partial charge in [-0.3, -0.25) is 9.20 Å². The van der Waals surface area contributed by atoms with E-state index in [1.807, 2.05) is 31.2 Å². The standard InChI is InChI=1S/C33H35F2N7O4S/c1-4-46-29(43)15-27(26-10-12-42-31(21(26)3)38-39-33(42)30(34)35)23-9-8-20(2)24(14-23)18-40-19-25-7-5-6-11-41(25)32-28(47(40,44)45)13-22(16-36)17-37-32/h8-10,12-14,17,25,27,30H,4-7,11,15,18-19H2,1-3H3. The molecule has 0 saturated carbocycles. The summed E-state index contributed by atoms with van der Waals surface area (Å²) in [4.78, 5) is 19.4. The molecule has 2 atom stereocenters. The lowest BCUT2D eigenvalue weighted by Gasteiger charge is -2.36. The van der Waals surface area contributed by atoms with Gasteiger partial charge >= 0.3 is 5.97 Å². The summed E-state index contributed by atoms with van der Waals surface area (Å²) in [5.41, 5.74) is 4.06. The predicted octanol–water partition coefficient (Wildman–Crippen LogP) is 5.20. The Labute approximate surface area is 271 Å². The highest BCUT2D eigenvalue weighted by molar-refractivity contribution is 7.89. The Bertz CT molecular complexity index is 1990. The Morgan fingerprint density at radius 1 is 1.17 bits per heavy atom. The maximum absolute atomic E-state index is 14.2. The highest BCUT2D eigenvalue weighted by Crippen LogP contribution is 2.38. The van der Waals surface area contributed by atoms with E-state index < -0.39 is 34.2 Å². The van der Waals surface area contributed by atoms with Crippen LogP contribution in [-0.2, 0) is 26.1 Å². The van der Waals surface area contributed by atoms with Crippen molar-refractivity contribution in [3.8, 4) is 6.07 Å². The molecule has 2 unspecified atom stereocenters. The molecule has 14 heteroatoms. The zero-order chi connectivity index (χ0) is 33.5. The van der Waals surface area contributed by atoms with Crippen LogP contribution >= 0.6 is 0 Å². The number of carbonyl (C=O) groups excluding carboxylic acids is 1. The third-order valence-electron chi connectivity index (χ3n) is 9.16. The molecule has 47 heavy (non-hydrogen) atoms. The fourth-order valence-corrected chi connectivity index (χ4v) is 8.33. The smallest absolute Gasteiger partial charge is 0.306 e. The van der Waals surface area contributed by atoms with Crippen molar-refractivity contribution < 1.29 is 26.7 Å². The minimum Gasteiger partial charge on any atom is -0.466 e. The van der Waals surface area contributed by atoms with Crippen LogP contribution in [-0.4, -0.2) is 64.0 Å². The normalized spacial score (nSPS) is 18.3. The second kappa shape index (κ2) is 13.0. The highest BCUT2D eigenvalue weighted by Gasteiger charge is 2.40. The van der Waals surface area contributed by atoms with Gasteiger partial charge in [0.25, 0.3) is 6.43 Å². The van der Waals surface area contributed by atoms with Crippen LogP contribution in [0.1, 0.15) is 84.2 Å². The van der Waals surface area contributed by atoms with Gasteiger partial charge in [0, 0.05) is 44.0 Å². The fourth-order valence-electron chi connectivity index (χ4n) is 6.70. The summed E-state index contributed by atoms with van der Waals surface area (Å²) >= 11 is 0. The van der Waals surface area contributed by atoms with Crippen LogP contribution in [0.15, 0.2) is 47.6 Å². The van der Waals surface area contributed by atoms with Crippen LogP contribution in [0.25, 0.3) is 5.65 Å². The number of carbonyl (C=O) groups is 1. The number of fused-ring (bicyclic) bond motifs is 4. The number of sulfonamides is 1. The lowest BCUT2D eigenvalue weighted by atomic mass is 9.85. The molecule has 0 bridgehead atoms. The quantitative estimate of drug-likeness (QED) is 0.233. The summed E-state index contributed by atoms with van der Waals surface area (Å²) < 4.78 is 63.6. The first kappa shape index (κ1) is 32.5. The Balaban J connectivity index is 1.42. The number of nitriles is 1. The number of aromatic nitrogens is 4. The van der Waals surface area contributed by atoms with Gasteiger partial charge in [0.1, 0.15) is 16.8 Å². The van der Waals surface area contributed by atoms with Crippen LogP contribution < -0.4 is 4.90 Å². The van der Waals surface area contributed by atoms with Gasteiger partial charge in [-0.15, -0.1) is 10.2 Å². The first-order chi connectivity index (χ1) is 22.5. The molecule has 4 aromatic rings. The topological polar surface area (TPSA) is 134 Å². The summed E-state index contributed by atoms with van der Waals surface area (Å²) in [5, 5.41) is 17.2. The zero-order valence-electron chi connectivity index (χ0n) is 26.4. The molecule has 2 aliphatic rings. The van der Waals surface area contributed by atoms with Crippen LogP contribution in [0.3, 0.4) is 0 Å². The molecule has 0 spiro atoms. The molecule has 2 aliphatic heterocycles. The molecule has 6 rings (SSSR count). The van der Waals surface area contributed by atoms with Gasteiger partial charge < -0.3 is 9.64 Å². The molecule has 11 nitrogen and oxygen atoms in total. The van der Waals surface area contributed by atoms with E-state index in [1.165, 1.54) is 27.2 Å². The van der Waals surface area contributed by atoms with Crippen LogP contribution in [0.2, 0.25) is 0 Å². The maximum Gasteiger partial charge on any atom is 0.306 e. The summed E-state index contributed by atoms with van der Waals surface area (Å²) in [6.45, 7) is 6.57. The lowest BCUT2D eigenvalue weighted by Crippen LogP contribution is -2.45. The van der Waals surface area contributed by atoms with E-state index in [9.17, 15) is 27.3 Å². The molecule has 5 heterocycles. The van der Waals surface area contributed by atoms with Crippen molar-refractivity contribution in [2.75, 3.05) is 24.6 Å². The Morgan fingerprint density at radius 3 is 2.72 bits per heavy atom. The molecule has 0 N–H and O–H groups in total. The van der Waals surface area contributed by atoms with Crippen molar-refractivity contribution in [3.05, 3.63) is 81.9 Å². The van der Waals surface area contributed by atoms with Gasteiger partial charge in [0.15, 0.2) is 5.65 Å². The monoisotopic (exact) mass is 663 g/mol. The minimum atomic E-state index is -4.05. The van der Waals surface area contributed by atoms with Crippen LogP contribution in [0.5, 0.6) is 0 Å². The van der Waals surface area contributed by atoms with E-state index in [0.717, 1.165) is 36.0 Å². The van der Waals surface area contributed by atoms with Crippen molar-refractivity contribution in [1.29, 1.82) is 5.26 Å². The van der Waals surface area contributed by atoms with Crippen LogP contribution in [0, 0.1) is 25.2 Å². The zero-order valence-corrected chi connectivity index (χ0v) is 27.2. The Kier molecular flexibility index (Phi) is 8.95. The molecule has 1 fully saturated rings. The van der Waals surface area contributed by atoms with E-state index in [-0.39, 0.29) is 48.3 Å². The van der Waals surface area contributed by atoms with E-state index in [0.29, 0.717) is 23.5 Å². The molecule has 1 saturated heterocycles. The van der Waals surface area contributed by atoms with Crippen molar-refractivity contribution in [1.82, 2.24) is 23.9 Å². The second-order valence-electron chi connectivity index (χ2n) is 12.0. The number of alkyl halides is 2. The number of nitrogens with zero attached hydrogens (tertiary/aromatic N) is 7. The molecule has 0 aliphatic carbocycles. The average molecular weight is 664 g/mol. The highest BCUT2D eigenvalue weighted by atomic mass is 32.2. The SMILES string of the molecule is CCOC(=O)CC(c1ccc(C)c(CN2CC3CCCCN3c3ncc(C#N)cc3S2(=O)=O)c1)c1ccn2c(C(F)F)nnc2c1C. The van der Waals surface area contributed by atoms with E-state index in [1.54, 1.807) is 19.9 Å². The van der Waals surface area contributed by atoms with Gasteiger partial charge in [-0.05, 0) is 80.0 Å². The fraction of sp³-hybridized carbons (Fsp3) is 0.424. The predicted molar refractivity (Wildman–Crippen MR) is 168 cm³/mol. The summed E-state index contributed by atoms with van der Waals surface area (Å²) in [6.07, 6.45) is 2.76. The number of benzene rings is 1. The second-order valence-corrected chi connectivity index (χ2v) is 13.9. The summed E-state index contributed by atoms with van der Waals surface area (Å²) in [7, 11) is -4.05. The first-order valence-corrected chi connectivity index (χ1v) is 17.0. The van der Waals surface area contributed by atoms with Gasteiger partial charge in [-0.2, -0.15) is 9.57 Å². The Hall–Kier alpha value is -4.48. The third kappa shape index (κ3) is 6.05. The number of aryl methyl sites for hydroxylation is 2. The molecule has 1 aromatic carbocycles. The number of esters is 1. The molecule has 0 amide bonds. The molecular formula is C33H35F2N7O4S. The number of piperidine rings is 1. The van der Waals surface area contributed by atoms with Crippen molar-refractivity contribution in [2.45, 2.75) is 76.3 Å². The van der Waals surface area contributed by atoms with Crippen molar-refractivity contribution in [2.24, 2.45) is 0 Å². The molecule has 3 aromatic heterocycles. The van der Waals surface area contributed by atoms with E-state index in [2.05, 4.69) is 20.1 Å². The van der Waals surface area contributed by atoms with Gasteiger partial charge in [-0.1, -0.05) is 18.2 Å². The molecule has 0 radical (unpaired) electrons. The van der Waals surface area contributed by atoms with Gasteiger partial charge in [0.2, 0.25) is 15.8 Å². The number of hydrogen-bond acceptors (Lipinski definition) is 9. The molecular weight excluding hydrogens is 628 g/mol. The van der Waals surface area contributed by atoms with E-state index in [4.69, 9.17) is 4.74 Å². The maximum atomic E-state index is 14.2. The Morgan fingerprint density at radius 2 is 1.98 bits per heavy atom. The summed E-state index contributed by atoms with van der Waals surface area (Å²) in [5.74, 6) is -1.06. The summed E-state index contributed by atoms with van der Waals surface area (Å²) in [6, 6.07) is 10.7. The van der Waals surface area contributed by atoms with Crippen LogP contribution in [0.4, 0.5) is 14.6 Å². The van der Waals surface area contributed by atoms with Crippen molar-refractivity contribution in [3.63, 3.8) is 0 Å². The number of rotatable bonds is 8. The van der Waals surface area contributed by atoms with Crippen molar-refractivity contribution >= 4 is 27.5 Å². The third-order valence-corrected chi connectivity index (χ3v) is 11.0. The lowest BCUT2D eigenvalue weighted by molar-refractivity contribution is -0.143. The number of hydrogen-bond donors (Lipinski definition) is 0. The molecule has 246 valence electrons.